The van der Waals surface area contributed by atoms with E-state index in [2.05, 4.69) is 26.6 Å². The van der Waals surface area contributed by atoms with E-state index in [0.717, 1.165) is 43.3 Å². The van der Waals surface area contributed by atoms with Crippen LogP contribution in [0.15, 0.2) is 0 Å². The molecular formula is C12H20N4OS. The van der Waals surface area contributed by atoms with Crippen molar-refractivity contribution in [2.75, 3.05) is 24.6 Å². The topological polar surface area (TPSA) is 46.1 Å². The number of ether oxygens (including phenoxy) is 1. The summed E-state index contributed by atoms with van der Waals surface area (Å²) in [7, 11) is 0. The minimum atomic E-state index is 0.419. The summed E-state index contributed by atoms with van der Waals surface area (Å²) in [6.07, 6.45) is 5.05. The van der Waals surface area contributed by atoms with Gasteiger partial charge in [0.05, 0.1) is 6.10 Å². The normalized spacial score (nSPS) is 21.5. The summed E-state index contributed by atoms with van der Waals surface area (Å²) >= 11 is 5.32. The Morgan fingerprint density at radius 3 is 2.67 bits per heavy atom. The van der Waals surface area contributed by atoms with Crippen LogP contribution in [0.3, 0.4) is 0 Å². The molecule has 0 bridgehead atoms. The Balaban J connectivity index is 1.71. The van der Waals surface area contributed by atoms with Gasteiger partial charge >= 0.3 is 0 Å². The van der Waals surface area contributed by atoms with Crippen LogP contribution in [0.25, 0.3) is 0 Å². The lowest BCUT2D eigenvalue weighted by atomic mass is 10.1. The van der Waals surface area contributed by atoms with Gasteiger partial charge in [0.1, 0.15) is 0 Å². The molecule has 6 heteroatoms. The molecule has 2 aliphatic rings. The molecule has 100 valence electrons. The SMILES string of the molecule is CCOC1CCN(c2n[nH]c(=S)n2C2CC2)CC1. The van der Waals surface area contributed by atoms with Gasteiger partial charge in [-0.1, -0.05) is 0 Å². The molecule has 2 heterocycles. The van der Waals surface area contributed by atoms with Gasteiger partial charge < -0.3 is 9.64 Å². The number of nitrogens with one attached hydrogen (secondary N) is 1. The van der Waals surface area contributed by atoms with Gasteiger partial charge in [-0.3, -0.25) is 4.57 Å². The van der Waals surface area contributed by atoms with Gasteiger partial charge in [-0.2, -0.15) is 0 Å². The predicted molar refractivity (Wildman–Crippen MR) is 72.5 cm³/mol. The maximum absolute atomic E-state index is 5.68. The monoisotopic (exact) mass is 268 g/mol. The number of piperidine rings is 1. The molecule has 0 amide bonds. The molecule has 5 nitrogen and oxygen atoms in total. The lowest BCUT2D eigenvalue weighted by molar-refractivity contribution is 0.0456. The van der Waals surface area contributed by atoms with E-state index in [1.54, 1.807) is 0 Å². The quantitative estimate of drug-likeness (QED) is 0.851. The largest absolute Gasteiger partial charge is 0.378 e. The molecule has 1 N–H and O–H groups in total. The number of nitrogens with zero attached hydrogens (tertiary/aromatic N) is 3. The van der Waals surface area contributed by atoms with Crippen molar-refractivity contribution in [2.45, 2.75) is 44.8 Å². The third-order valence-electron chi connectivity index (χ3n) is 3.73. The number of aromatic nitrogens is 3. The summed E-state index contributed by atoms with van der Waals surface area (Å²) in [5.74, 6) is 1.03. The minimum Gasteiger partial charge on any atom is -0.378 e. The molecule has 1 saturated carbocycles. The van der Waals surface area contributed by atoms with Gasteiger partial charge in [0.2, 0.25) is 5.95 Å². The van der Waals surface area contributed by atoms with Gasteiger partial charge in [0, 0.05) is 25.7 Å². The third kappa shape index (κ3) is 2.31. The Morgan fingerprint density at radius 1 is 1.33 bits per heavy atom. The van der Waals surface area contributed by atoms with Crippen LogP contribution in [0.1, 0.15) is 38.6 Å². The number of anilines is 1. The fourth-order valence-corrected chi connectivity index (χ4v) is 2.92. The lowest BCUT2D eigenvalue weighted by Gasteiger charge is -2.32. The first kappa shape index (κ1) is 12.2. The van der Waals surface area contributed by atoms with Gasteiger partial charge in [-0.25, -0.2) is 5.10 Å². The Labute approximate surface area is 112 Å². The van der Waals surface area contributed by atoms with E-state index >= 15 is 0 Å². The Kier molecular flexibility index (Phi) is 3.39. The first-order chi connectivity index (χ1) is 8.79. The average molecular weight is 268 g/mol. The number of hydrogen-bond acceptors (Lipinski definition) is 4. The van der Waals surface area contributed by atoms with Gasteiger partial charge in [0.15, 0.2) is 4.77 Å². The van der Waals surface area contributed by atoms with Crippen molar-refractivity contribution in [1.82, 2.24) is 14.8 Å². The minimum absolute atomic E-state index is 0.419. The second kappa shape index (κ2) is 5.01. The molecule has 1 aromatic rings. The van der Waals surface area contributed by atoms with Crippen LogP contribution < -0.4 is 4.90 Å². The molecule has 0 radical (unpaired) electrons. The average Bonchev–Trinajstić information content (AvgIpc) is 3.14. The van der Waals surface area contributed by atoms with Crippen molar-refractivity contribution in [2.24, 2.45) is 0 Å². The smallest absolute Gasteiger partial charge is 0.225 e. The van der Waals surface area contributed by atoms with Crippen molar-refractivity contribution in [1.29, 1.82) is 0 Å². The van der Waals surface area contributed by atoms with E-state index in [1.807, 2.05) is 0 Å². The van der Waals surface area contributed by atoms with Crippen LogP contribution in [0.2, 0.25) is 0 Å². The molecular weight excluding hydrogens is 248 g/mol. The van der Waals surface area contributed by atoms with E-state index < -0.39 is 0 Å². The second-order valence-electron chi connectivity index (χ2n) is 5.07. The molecule has 2 fully saturated rings. The van der Waals surface area contributed by atoms with E-state index in [9.17, 15) is 0 Å². The zero-order chi connectivity index (χ0) is 12.5. The molecule has 18 heavy (non-hydrogen) atoms. The molecule has 1 aromatic heterocycles. The summed E-state index contributed by atoms with van der Waals surface area (Å²) < 4.78 is 8.63. The number of aromatic amines is 1. The standard InChI is InChI=1S/C12H20N4OS/c1-2-17-10-5-7-15(8-6-10)11-13-14-12(18)16(11)9-3-4-9/h9-10H,2-8H2,1H3,(H,14,18). The summed E-state index contributed by atoms with van der Waals surface area (Å²) in [6.45, 7) is 4.89. The predicted octanol–water partition coefficient (Wildman–Crippen LogP) is 2.28. The highest BCUT2D eigenvalue weighted by molar-refractivity contribution is 7.71. The van der Waals surface area contributed by atoms with Crippen molar-refractivity contribution in [3.05, 3.63) is 4.77 Å². The first-order valence-electron chi connectivity index (χ1n) is 6.83. The van der Waals surface area contributed by atoms with Crippen molar-refractivity contribution >= 4 is 18.2 Å². The third-order valence-corrected chi connectivity index (χ3v) is 4.01. The molecule has 0 atom stereocenters. The fraction of sp³-hybridized carbons (Fsp3) is 0.833. The number of rotatable bonds is 4. The molecule has 0 spiro atoms. The van der Waals surface area contributed by atoms with Gasteiger partial charge in [0.25, 0.3) is 0 Å². The van der Waals surface area contributed by atoms with Crippen molar-refractivity contribution < 1.29 is 4.74 Å². The first-order valence-corrected chi connectivity index (χ1v) is 7.24. The lowest BCUT2D eigenvalue weighted by Crippen LogP contribution is -2.38. The zero-order valence-electron chi connectivity index (χ0n) is 10.8. The van der Waals surface area contributed by atoms with Gasteiger partial charge in [-0.05, 0) is 44.8 Å². The van der Waals surface area contributed by atoms with Crippen LogP contribution in [0.4, 0.5) is 5.95 Å². The molecule has 1 aliphatic heterocycles. The van der Waals surface area contributed by atoms with Crippen LogP contribution in [0.5, 0.6) is 0 Å². The highest BCUT2D eigenvalue weighted by atomic mass is 32.1. The maximum atomic E-state index is 5.68. The molecule has 0 unspecified atom stereocenters. The van der Waals surface area contributed by atoms with E-state index in [4.69, 9.17) is 17.0 Å². The van der Waals surface area contributed by atoms with Crippen LogP contribution in [-0.4, -0.2) is 40.6 Å². The highest BCUT2D eigenvalue weighted by Crippen LogP contribution is 2.38. The Hall–Kier alpha value is -0.880. The zero-order valence-corrected chi connectivity index (χ0v) is 11.6. The number of hydrogen-bond donors (Lipinski definition) is 1. The Bertz CT molecular complexity index is 457. The number of H-pyrrole nitrogens is 1. The van der Waals surface area contributed by atoms with Crippen molar-refractivity contribution in [3.63, 3.8) is 0 Å². The summed E-state index contributed by atoms with van der Waals surface area (Å²) in [4.78, 5) is 2.33. The molecule has 3 rings (SSSR count). The summed E-state index contributed by atoms with van der Waals surface area (Å²) in [6, 6.07) is 0.580. The molecule has 0 aromatic carbocycles. The molecule has 1 aliphatic carbocycles. The summed E-state index contributed by atoms with van der Waals surface area (Å²) in [5, 5.41) is 7.34. The fourth-order valence-electron chi connectivity index (χ4n) is 2.64. The second-order valence-corrected chi connectivity index (χ2v) is 5.46. The van der Waals surface area contributed by atoms with Crippen LogP contribution >= 0.6 is 12.2 Å². The van der Waals surface area contributed by atoms with Gasteiger partial charge in [-0.15, -0.1) is 5.10 Å². The van der Waals surface area contributed by atoms with Crippen LogP contribution in [0, 0.1) is 4.77 Å². The summed E-state index contributed by atoms with van der Waals surface area (Å²) in [5.41, 5.74) is 0. The van der Waals surface area contributed by atoms with Crippen LogP contribution in [-0.2, 0) is 4.74 Å². The van der Waals surface area contributed by atoms with E-state index in [0.29, 0.717) is 12.1 Å². The maximum Gasteiger partial charge on any atom is 0.225 e. The van der Waals surface area contributed by atoms with E-state index in [-0.39, 0.29) is 0 Å². The van der Waals surface area contributed by atoms with E-state index in [1.165, 1.54) is 12.8 Å². The van der Waals surface area contributed by atoms with Crippen molar-refractivity contribution in [3.8, 4) is 0 Å². The highest BCUT2D eigenvalue weighted by Gasteiger charge is 2.30. The Morgan fingerprint density at radius 2 is 2.06 bits per heavy atom. The molecule has 1 saturated heterocycles.